The number of imidazole rings is 1. The predicted octanol–water partition coefficient (Wildman–Crippen LogP) is 1.03. The second-order valence-electron chi connectivity index (χ2n) is 4.82. The van der Waals surface area contributed by atoms with Crippen molar-refractivity contribution in [2.24, 2.45) is 0 Å². The van der Waals surface area contributed by atoms with Crippen LogP contribution in [0.4, 0.5) is 11.6 Å². The van der Waals surface area contributed by atoms with Gasteiger partial charge in [0.05, 0.1) is 12.3 Å². The minimum absolute atomic E-state index is 0.150. The predicted molar refractivity (Wildman–Crippen MR) is 69.3 cm³/mol. The molecule has 6 nitrogen and oxygen atoms in total. The van der Waals surface area contributed by atoms with E-state index in [4.69, 9.17) is 5.73 Å². The van der Waals surface area contributed by atoms with Gasteiger partial charge in [0.15, 0.2) is 11.5 Å². The van der Waals surface area contributed by atoms with E-state index < -0.39 is 0 Å². The number of aromatic nitrogens is 3. The zero-order valence-corrected chi connectivity index (χ0v) is 10.1. The minimum atomic E-state index is -0.150. The average Bonchev–Trinajstić information content (AvgIpc) is 2.80. The third kappa shape index (κ3) is 2.11. The van der Waals surface area contributed by atoms with Crippen molar-refractivity contribution in [2.45, 2.75) is 37.8 Å². The van der Waals surface area contributed by atoms with E-state index in [-0.39, 0.29) is 6.10 Å². The Hall–Kier alpha value is -1.82. The Bertz CT molecular complexity index is 544. The Morgan fingerprint density at radius 1 is 1.33 bits per heavy atom. The van der Waals surface area contributed by atoms with Crippen molar-refractivity contribution in [1.29, 1.82) is 0 Å². The van der Waals surface area contributed by atoms with Crippen LogP contribution in [-0.4, -0.2) is 31.6 Å². The summed E-state index contributed by atoms with van der Waals surface area (Å²) in [4.78, 5) is 8.58. The first-order chi connectivity index (χ1) is 8.72. The lowest BCUT2D eigenvalue weighted by Crippen LogP contribution is -2.28. The van der Waals surface area contributed by atoms with Gasteiger partial charge in [-0.1, -0.05) is 0 Å². The highest BCUT2D eigenvalue weighted by Gasteiger charge is 2.20. The molecule has 96 valence electrons. The fraction of sp³-hybridized carbons (Fsp3) is 0.500. The number of hydrogen-bond acceptors (Lipinski definition) is 5. The van der Waals surface area contributed by atoms with Crippen molar-refractivity contribution in [3.8, 4) is 0 Å². The normalized spacial score (nSPS) is 24.3. The van der Waals surface area contributed by atoms with Crippen LogP contribution in [0.5, 0.6) is 0 Å². The van der Waals surface area contributed by atoms with Crippen molar-refractivity contribution in [3.63, 3.8) is 0 Å². The molecular formula is C12H17N5O. The standard InChI is InChI=1S/C12H17N5O/c13-10-7-17-6-5-14-12(17)11(16-10)15-8-1-3-9(18)4-2-8/h5-9,18H,1-4,13H2,(H,15,16). The van der Waals surface area contributed by atoms with Gasteiger partial charge in [-0.3, -0.25) is 0 Å². The molecule has 0 spiro atoms. The molecule has 18 heavy (non-hydrogen) atoms. The van der Waals surface area contributed by atoms with Gasteiger partial charge in [0, 0.05) is 18.4 Å². The molecule has 1 aliphatic carbocycles. The molecule has 3 rings (SSSR count). The maximum absolute atomic E-state index is 9.50. The van der Waals surface area contributed by atoms with Gasteiger partial charge in [-0.05, 0) is 25.7 Å². The number of hydrogen-bond donors (Lipinski definition) is 3. The highest BCUT2D eigenvalue weighted by molar-refractivity contribution is 5.65. The summed E-state index contributed by atoms with van der Waals surface area (Å²) in [6.45, 7) is 0. The number of nitrogen functional groups attached to an aromatic ring is 1. The lowest BCUT2D eigenvalue weighted by molar-refractivity contribution is 0.126. The first kappa shape index (κ1) is 11.3. The zero-order valence-electron chi connectivity index (χ0n) is 10.1. The van der Waals surface area contributed by atoms with Crippen LogP contribution in [0.25, 0.3) is 5.65 Å². The van der Waals surface area contributed by atoms with Gasteiger partial charge >= 0.3 is 0 Å². The van der Waals surface area contributed by atoms with Gasteiger partial charge in [-0.15, -0.1) is 0 Å². The Labute approximate surface area is 105 Å². The zero-order chi connectivity index (χ0) is 12.5. The summed E-state index contributed by atoms with van der Waals surface area (Å²) in [5.41, 5.74) is 6.56. The quantitative estimate of drug-likeness (QED) is 0.737. The second-order valence-corrected chi connectivity index (χ2v) is 4.82. The van der Waals surface area contributed by atoms with Crippen molar-refractivity contribution >= 4 is 17.3 Å². The molecule has 0 amide bonds. The van der Waals surface area contributed by atoms with Crippen LogP contribution >= 0.6 is 0 Å². The lowest BCUT2D eigenvalue weighted by atomic mass is 9.93. The number of aliphatic hydroxyl groups excluding tert-OH is 1. The third-order valence-electron chi connectivity index (χ3n) is 3.43. The summed E-state index contributed by atoms with van der Waals surface area (Å²) in [6, 6.07) is 0.336. The number of anilines is 2. The van der Waals surface area contributed by atoms with Crippen LogP contribution in [0.15, 0.2) is 18.6 Å². The van der Waals surface area contributed by atoms with E-state index in [1.807, 2.05) is 10.6 Å². The van der Waals surface area contributed by atoms with Crippen LogP contribution in [0, 0.1) is 0 Å². The molecule has 1 fully saturated rings. The van der Waals surface area contributed by atoms with Crippen LogP contribution in [0.1, 0.15) is 25.7 Å². The number of nitrogens with zero attached hydrogens (tertiary/aromatic N) is 3. The minimum Gasteiger partial charge on any atom is -0.393 e. The summed E-state index contributed by atoms with van der Waals surface area (Å²) in [6.07, 6.45) is 8.75. The van der Waals surface area contributed by atoms with Crippen molar-refractivity contribution in [3.05, 3.63) is 18.6 Å². The van der Waals surface area contributed by atoms with Crippen LogP contribution in [0.2, 0.25) is 0 Å². The molecule has 1 saturated carbocycles. The molecule has 0 unspecified atom stereocenters. The summed E-state index contributed by atoms with van der Waals surface area (Å²) < 4.78 is 1.86. The van der Waals surface area contributed by atoms with E-state index in [9.17, 15) is 5.11 Å². The summed E-state index contributed by atoms with van der Waals surface area (Å²) in [5.74, 6) is 1.19. The molecule has 0 aromatic carbocycles. The van der Waals surface area contributed by atoms with Gasteiger partial charge in [0.1, 0.15) is 5.82 Å². The van der Waals surface area contributed by atoms with E-state index in [1.54, 1.807) is 12.4 Å². The molecule has 6 heteroatoms. The second kappa shape index (κ2) is 4.45. The monoisotopic (exact) mass is 247 g/mol. The van der Waals surface area contributed by atoms with Crippen molar-refractivity contribution in [2.75, 3.05) is 11.1 Å². The Balaban J connectivity index is 1.83. The van der Waals surface area contributed by atoms with E-state index in [0.717, 1.165) is 37.1 Å². The van der Waals surface area contributed by atoms with E-state index in [1.165, 1.54) is 0 Å². The maximum atomic E-state index is 9.50. The molecule has 2 heterocycles. The van der Waals surface area contributed by atoms with Gasteiger partial charge in [-0.25, -0.2) is 9.97 Å². The molecular weight excluding hydrogens is 230 g/mol. The SMILES string of the molecule is Nc1cn2ccnc2c(NC2CCC(O)CC2)n1. The Morgan fingerprint density at radius 3 is 2.89 bits per heavy atom. The first-order valence-corrected chi connectivity index (χ1v) is 6.26. The van der Waals surface area contributed by atoms with Gasteiger partial charge < -0.3 is 20.6 Å². The van der Waals surface area contributed by atoms with Gasteiger partial charge in [-0.2, -0.15) is 0 Å². The van der Waals surface area contributed by atoms with Gasteiger partial charge in [0.2, 0.25) is 0 Å². The van der Waals surface area contributed by atoms with Crippen LogP contribution in [-0.2, 0) is 0 Å². The average molecular weight is 247 g/mol. The Kier molecular flexibility index (Phi) is 2.79. The maximum Gasteiger partial charge on any atom is 0.180 e. The van der Waals surface area contributed by atoms with Crippen LogP contribution < -0.4 is 11.1 Å². The number of fused-ring (bicyclic) bond motifs is 1. The first-order valence-electron chi connectivity index (χ1n) is 6.26. The Morgan fingerprint density at radius 2 is 2.11 bits per heavy atom. The summed E-state index contributed by atoms with van der Waals surface area (Å²) in [5, 5.41) is 12.9. The van der Waals surface area contributed by atoms with E-state index >= 15 is 0 Å². The number of nitrogens with two attached hydrogens (primary N) is 1. The molecule has 0 atom stereocenters. The number of nitrogens with one attached hydrogen (secondary N) is 1. The highest BCUT2D eigenvalue weighted by atomic mass is 16.3. The summed E-state index contributed by atoms with van der Waals surface area (Å²) >= 11 is 0. The smallest absolute Gasteiger partial charge is 0.180 e. The highest BCUT2D eigenvalue weighted by Crippen LogP contribution is 2.23. The number of aliphatic hydroxyl groups is 1. The molecule has 0 saturated heterocycles. The fourth-order valence-corrected chi connectivity index (χ4v) is 2.46. The largest absolute Gasteiger partial charge is 0.393 e. The molecule has 0 radical (unpaired) electrons. The lowest BCUT2D eigenvalue weighted by Gasteiger charge is -2.26. The van der Waals surface area contributed by atoms with Crippen molar-refractivity contribution < 1.29 is 5.11 Å². The van der Waals surface area contributed by atoms with Crippen LogP contribution in [0.3, 0.4) is 0 Å². The molecule has 2 aromatic rings. The topological polar surface area (TPSA) is 88.5 Å². The van der Waals surface area contributed by atoms with E-state index in [0.29, 0.717) is 11.9 Å². The van der Waals surface area contributed by atoms with Gasteiger partial charge in [0.25, 0.3) is 0 Å². The van der Waals surface area contributed by atoms with Crippen molar-refractivity contribution in [1.82, 2.24) is 14.4 Å². The summed E-state index contributed by atoms with van der Waals surface area (Å²) in [7, 11) is 0. The van der Waals surface area contributed by atoms with E-state index in [2.05, 4.69) is 15.3 Å². The molecule has 0 aliphatic heterocycles. The molecule has 0 bridgehead atoms. The molecule has 2 aromatic heterocycles. The molecule has 1 aliphatic rings. The fourth-order valence-electron chi connectivity index (χ4n) is 2.46. The number of rotatable bonds is 2. The molecule has 4 N–H and O–H groups in total. The third-order valence-corrected chi connectivity index (χ3v) is 3.43.